The fraction of sp³-hybridized carbons (Fsp3) is 0.350. The number of urea groups is 1. The maximum absolute atomic E-state index is 12.4. The van der Waals surface area contributed by atoms with E-state index in [0.29, 0.717) is 18.7 Å². The third-order valence-electron chi connectivity index (χ3n) is 4.69. The molecule has 2 aromatic rings. The Morgan fingerprint density at radius 2 is 1.85 bits per heavy atom. The fourth-order valence-electron chi connectivity index (χ4n) is 3.12. The van der Waals surface area contributed by atoms with Crippen LogP contribution < -0.4 is 16.0 Å². The number of pyridine rings is 1. The van der Waals surface area contributed by atoms with E-state index in [9.17, 15) is 9.59 Å². The Labute approximate surface area is 159 Å². The molecule has 0 atom stereocenters. The standard InChI is InChI=1S/C20H25N5O2/c1-24(14-15-4-6-17(7-5-15)19(21)26)20(27)23-13-16-8-9-22-18(12-16)25-10-2-3-11-25/h4-9,12H,2-3,10-11,13-14H2,1H3,(H2,21,26)(H,23,27). The van der Waals surface area contributed by atoms with Crippen LogP contribution in [0.4, 0.5) is 10.6 Å². The third-order valence-corrected chi connectivity index (χ3v) is 4.69. The fourth-order valence-corrected chi connectivity index (χ4v) is 3.12. The Kier molecular flexibility index (Phi) is 5.90. The molecule has 2 heterocycles. The molecular weight excluding hydrogens is 342 g/mol. The summed E-state index contributed by atoms with van der Waals surface area (Å²) < 4.78 is 0. The number of amides is 3. The van der Waals surface area contributed by atoms with Gasteiger partial charge in [0.15, 0.2) is 0 Å². The molecule has 7 heteroatoms. The molecule has 0 bridgehead atoms. The molecule has 0 aliphatic carbocycles. The summed E-state index contributed by atoms with van der Waals surface area (Å²) in [6.07, 6.45) is 4.20. The Bertz CT molecular complexity index is 800. The van der Waals surface area contributed by atoms with Gasteiger partial charge in [0, 0.05) is 45.0 Å². The molecule has 1 fully saturated rings. The number of nitrogens with one attached hydrogen (secondary N) is 1. The summed E-state index contributed by atoms with van der Waals surface area (Å²) in [5.41, 5.74) is 7.65. The Morgan fingerprint density at radius 1 is 1.15 bits per heavy atom. The van der Waals surface area contributed by atoms with Gasteiger partial charge in [-0.2, -0.15) is 0 Å². The number of benzene rings is 1. The molecule has 0 saturated carbocycles. The first kappa shape index (κ1) is 18.7. The summed E-state index contributed by atoms with van der Waals surface area (Å²) >= 11 is 0. The summed E-state index contributed by atoms with van der Waals surface area (Å²) in [7, 11) is 1.74. The summed E-state index contributed by atoms with van der Waals surface area (Å²) in [4.78, 5) is 31.8. The smallest absolute Gasteiger partial charge is 0.317 e. The van der Waals surface area contributed by atoms with Crippen LogP contribution >= 0.6 is 0 Å². The van der Waals surface area contributed by atoms with Gasteiger partial charge in [0.05, 0.1) is 0 Å². The molecule has 1 saturated heterocycles. The monoisotopic (exact) mass is 367 g/mol. The van der Waals surface area contributed by atoms with E-state index in [1.165, 1.54) is 12.8 Å². The van der Waals surface area contributed by atoms with Gasteiger partial charge in [0.2, 0.25) is 5.91 Å². The number of primary amides is 1. The number of hydrogen-bond donors (Lipinski definition) is 2. The lowest BCUT2D eigenvalue weighted by Gasteiger charge is -2.19. The van der Waals surface area contributed by atoms with Gasteiger partial charge in [-0.3, -0.25) is 4.79 Å². The van der Waals surface area contributed by atoms with Crippen LogP contribution in [0.1, 0.15) is 34.3 Å². The number of carbonyl (C=O) groups is 2. The Hall–Kier alpha value is -3.09. The van der Waals surface area contributed by atoms with E-state index in [1.807, 2.05) is 12.1 Å². The number of carbonyl (C=O) groups excluding carboxylic acids is 2. The van der Waals surface area contributed by atoms with Gasteiger partial charge in [-0.05, 0) is 48.2 Å². The molecule has 0 spiro atoms. The highest BCUT2D eigenvalue weighted by Crippen LogP contribution is 2.18. The molecule has 3 N–H and O–H groups in total. The lowest BCUT2D eigenvalue weighted by molar-refractivity contribution is 0.1000. The van der Waals surface area contributed by atoms with Crippen LogP contribution in [0, 0.1) is 0 Å². The Balaban J connectivity index is 1.52. The van der Waals surface area contributed by atoms with E-state index in [0.717, 1.165) is 30.0 Å². The zero-order valence-electron chi connectivity index (χ0n) is 15.5. The second kappa shape index (κ2) is 8.53. The highest BCUT2D eigenvalue weighted by molar-refractivity contribution is 5.92. The summed E-state index contributed by atoms with van der Waals surface area (Å²) in [5.74, 6) is 0.514. The van der Waals surface area contributed by atoms with E-state index in [-0.39, 0.29) is 6.03 Å². The lowest BCUT2D eigenvalue weighted by atomic mass is 10.1. The maximum Gasteiger partial charge on any atom is 0.317 e. The average molecular weight is 367 g/mol. The van der Waals surface area contributed by atoms with E-state index >= 15 is 0 Å². The van der Waals surface area contributed by atoms with Gasteiger partial charge in [-0.1, -0.05) is 12.1 Å². The van der Waals surface area contributed by atoms with E-state index < -0.39 is 5.91 Å². The van der Waals surface area contributed by atoms with Crippen molar-refractivity contribution in [2.45, 2.75) is 25.9 Å². The number of rotatable bonds is 6. The predicted molar refractivity (Wildman–Crippen MR) is 104 cm³/mol. The molecule has 3 amide bonds. The highest BCUT2D eigenvalue weighted by Gasteiger charge is 2.14. The quantitative estimate of drug-likeness (QED) is 0.818. The zero-order chi connectivity index (χ0) is 19.2. The van der Waals surface area contributed by atoms with Gasteiger partial charge >= 0.3 is 6.03 Å². The first-order chi connectivity index (χ1) is 13.0. The minimum atomic E-state index is -0.460. The molecule has 0 unspecified atom stereocenters. The molecule has 142 valence electrons. The second-order valence-corrected chi connectivity index (χ2v) is 6.79. The molecule has 1 aliphatic rings. The van der Waals surface area contributed by atoms with Crippen molar-refractivity contribution in [3.05, 3.63) is 59.3 Å². The largest absolute Gasteiger partial charge is 0.366 e. The van der Waals surface area contributed by atoms with Crippen LogP contribution in [0.5, 0.6) is 0 Å². The predicted octanol–water partition coefficient (Wildman–Crippen LogP) is 2.12. The molecule has 3 rings (SSSR count). The van der Waals surface area contributed by atoms with Crippen LogP contribution in [-0.2, 0) is 13.1 Å². The number of anilines is 1. The third kappa shape index (κ3) is 4.97. The van der Waals surface area contributed by atoms with Gasteiger partial charge in [0.1, 0.15) is 5.82 Å². The highest BCUT2D eigenvalue weighted by atomic mass is 16.2. The van der Waals surface area contributed by atoms with Gasteiger partial charge in [-0.25, -0.2) is 9.78 Å². The summed E-state index contributed by atoms with van der Waals surface area (Å²) in [6, 6.07) is 10.7. The molecule has 7 nitrogen and oxygen atoms in total. The second-order valence-electron chi connectivity index (χ2n) is 6.79. The number of nitrogens with two attached hydrogens (primary N) is 1. The van der Waals surface area contributed by atoms with Crippen molar-refractivity contribution in [1.29, 1.82) is 0 Å². The van der Waals surface area contributed by atoms with E-state index in [2.05, 4.69) is 15.2 Å². The van der Waals surface area contributed by atoms with Crippen molar-refractivity contribution in [2.75, 3.05) is 25.0 Å². The van der Waals surface area contributed by atoms with Crippen LogP contribution in [0.3, 0.4) is 0 Å². The molecular formula is C20H25N5O2. The molecule has 1 aliphatic heterocycles. The van der Waals surface area contributed by atoms with Crippen molar-refractivity contribution in [2.24, 2.45) is 5.73 Å². The maximum atomic E-state index is 12.4. The summed E-state index contributed by atoms with van der Waals surface area (Å²) in [6.45, 7) is 2.98. The normalized spacial score (nSPS) is 13.4. The van der Waals surface area contributed by atoms with E-state index in [1.54, 1.807) is 42.4 Å². The van der Waals surface area contributed by atoms with E-state index in [4.69, 9.17) is 5.73 Å². The van der Waals surface area contributed by atoms with Crippen molar-refractivity contribution < 1.29 is 9.59 Å². The van der Waals surface area contributed by atoms with Gasteiger partial charge in [-0.15, -0.1) is 0 Å². The number of hydrogen-bond acceptors (Lipinski definition) is 4. The SMILES string of the molecule is CN(Cc1ccc(C(N)=O)cc1)C(=O)NCc1ccnc(N2CCCC2)c1. The molecule has 1 aromatic heterocycles. The Morgan fingerprint density at radius 3 is 2.52 bits per heavy atom. The zero-order valence-corrected chi connectivity index (χ0v) is 15.5. The number of aromatic nitrogens is 1. The van der Waals surface area contributed by atoms with Crippen molar-refractivity contribution >= 4 is 17.8 Å². The first-order valence-corrected chi connectivity index (χ1v) is 9.10. The first-order valence-electron chi connectivity index (χ1n) is 9.10. The van der Waals surface area contributed by atoms with Crippen molar-refractivity contribution in [3.8, 4) is 0 Å². The molecule has 27 heavy (non-hydrogen) atoms. The minimum Gasteiger partial charge on any atom is -0.366 e. The van der Waals surface area contributed by atoms with Crippen LogP contribution in [0.2, 0.25) is 0 Å². The molecule has 1 aromatic carbocycles. The summed E-state index contributed by atoms with van der Waals surface area (Å²) in [5, 5.41) is 2.93. The number of nitrogens with zero attached hydrogens (tertiary/aromatic N) is 3. The molecule has 0 radical (unpaired) electrons. The van der Waals surface area contributed by atoms with Crippen molar-refractivity contribution in [3.63, 3.8) is 0 Å². The van der Waals surface area contributed by atoms with Crippen LogP contribution in [0.25, 0.3) is 0 Å². The minimum absolute atomic E-state index is 0.159. The lowest BCUT2D eigenvalue weighted by Crippen LogP contribution is -2.36. The average Bonchev–Trinajstić information content (AvgIpc) is 3.21. The topological polar surface area (TPSA) is 91.6 Å². The van der Waals surface area contributed by atoms with Gasteiger partial charge < -0.3 is 20.9 Å². The van der Waals surface area contributed by atoms with Crippen LogP contribution in [0.15, 0.2) is 42.6 Å². The van der Waals surface area contributed by atoms with Crippen molar-refractivity contribution in [1.82, 2.24) is 15.2 Å². The van der Waals surface area contributed by atoms with Gasteiger partial charge in [0.25, 0.3) is 0 Å². The van der Waals surface area contributed by atoms with Crippen LogP contribution in [-0.4, -0.2) is 42.0 Å².